The molecule has 4 aliphatic rings. The summed E-state index contributed by atoms with van der Waals surface area (Å²) in [4.78, 5) is 0. The fourth-order valence-electron chi connectivity index (χ4n) is 8.34. The van der Waals surface area contributed by atoms with Crippen molar-refractivity contribution in [3.8, 4) is 0 Å². The minimum Gasteiger partial charge on any atom is -0.393 e. The van der Waals surface area contributed by atoms with Gasteiger partial charge in [-0.1, -0.05) is 27.7 Å². The van der Waals surface area contributed by atoms with Gasteiger partial charge in [-0.25, -0.2) is 0 Å². The van der Waals surface area contributed by atoms with Crippen LogP contribution in [0.15, 0.2) is 0 Å². The van der Waals surface area contributed by atoms with E-state index in [2.05, 4.69) is 27.7 Å². The van der Waals surface area contributed by atoms with Crippen LogP contribution in [0.3, 0.4) is 0 Å². The Morgan fingerprint density at radius 1 is 0.833 bits per heavy atom. The average molecular weight is 335 g/mol. The summed E-state index contributed by atoms with van der Waals surface area (Å²) in [5, 5.41) is 21.3. The number of rotatable bonds is 1. The summed E-state index contributed by atoms with van der Waals surface area (Å²) in [7, 11) is 0. The molecule has 0 saturated heterocycles. The molecule has 0 spiro atoms. The first-order valence-electron chi connectivity index (χ1n) is 10.6. The zero-order valence-corrected chi connectivity index (χ0v) is 16.2. The second-order valence-corrected chi connectivity index (χ2v) is 10.7. The first-order chi connectivity index (χ1) is 11.3. The van der Waals surface area contributed by atoms with Crippen molar-refractivity contribution < 1.29 is 10.2 Å². The van der Waals surface area contributed by atoms with Crippen LogP contribution in [0.5, 0.6) is 0 Å². The van der Waals surface area contributed by atoms with Crippen LogP contribution in [0.1, 0.15) is 79.1 Å². The second kappa shape index (κ2) is 5.71. The van der Waals surface area contributed by atoms with E-state index in [1.807, 2.05) is 0 Å². The molecule has 2 N–H and O–H groups in total. The van der Waals surface area contributed by atoms with Gasteiger partial charge in [-0.3, -0.25) is 0 Å². The molecule has 2 heteroatoms. The molecule has 4 rings (SSSR count). The van der Waals surface area contributed by atoms with Gasteiger partial charge < -0.3 is 10.2 Å². The third-order valence-corrected chi connectivity index (χ3v) is 9.53. The number of fused-ring (bicyclic) bond motifs is 5. The third kappa shape index (κ3) is 2.28. The van der Waals surface area contributed by atoms with Crippen LogP contribution < -0.4 is 0 Å². The van der Waals surface area contributed by atoms with Gasteiger partial charge >= 0.3 is 0 Å². The molecule has 9 atom stereocenters. The maximum Gasteiger partial charge on any atom is 0.0577 e. The van der Waals surface area contributed by atoms with Gasteiger partial charge in [-0.15, -0.1) is 0 Å². The number of aliphatic hydroxyl groups excluding tert-OH is 2. The molecule has 138 valence electrons. The fraction of sp³-hybridized carbons (Fsp3) is 1.00. The van der Waals surface area contributed by atoms with Crippen LogP contribution in [0.25, 0.3) is 0 Å². The molecule has 0 radical (unpaired) electrons. The van der Waals surface area contributed by atoms with E-state index in [-0.39, 0.29) is 12.2 Å². The Hall–Kier alpha value is -0.0800. The lowest BCUT2D eigenvalue weighted by Gasteiger charge is -2.62. The first kappa shape index (κ1) is 17.3. The first-order valence-corrected chi connectivity index (χ1v) is 10.6. The monoisotopic (exact) mass is 334 g/mol. The predicted octanol–water partition coefficient (Wildman–Crippen LogP) is 4.63. The lowest BCUT2D eigenvalue weighted by atomic mass is 9.43. The summed E-state index contributed by atoms with van der Waals surface area (Å²) in [5.41, 5.74) is 0.814. The molecule has 0 aliphatic heterocycles. The molecule has 0 aromatic heterocycles. The zero-order valence-electron chi connectivity index (χ0n) is 16.2. The Balaban J connectivity index is 1.65. The van der Waals surface area contributed by atoms with Gasteiger partial charge in [0.25, 0.3) is 0 Å². The van der Waals surface area contributed by atoms with E-state index in [9.17, 15) is 10.2 Å². The average Bonchev–Trinajstić information content (AvgIpc) is 2.86. The van der Waals surface area contributed by atoms with Crippen LogP contribution in [0.2, 0.25) is 0 Å². The highest BCUT2D eigenvalue weighted by atomic mass is 16.3. The summed E-state index contributed by atoms with van der Waals surface area (Å²) in [6.45, 7) is 9.87. The van der Waals surface area contributed by atoms with Crippen molar-refractivity contribution in [2.24, 2.45) is 46.3 Å². The van der Waals surface area contributed by atoms with E-state index >= 15 is 0 Å². The molecule has 0 aromatic rings. The van der Waals surface area contributed by atoms with Crippen molar-refractivity contribution in [2.45, 2.75) is 91.3 Å². The lowest BCUT2D eigenvalue weighted by Crippen LogP contribution is -2.58. The Labute approximate surface area is 148 Å². The lowest BCUT2D eigenvalue weighted by molar-refractivity contribution is -0.174. The van der Waals surface area contributed by atoms with Gasteiger partial charge in [0, 0.05) is 0 Å². The van der Waals surface area contributed by atoms with E-state index in [1.165, 1.54) is 32.1 Å². The Kier molecular flexibility index (Phi) is 4.12. The molecule has 0 heterocycles. The smallest absolute Gasteiger partial charge is 0.0577 e. The van der Waals surface area contributed by atoms with E-state index in [1.54, 1.807) is 0 Å². The van der Waals surface area contributed by atoms with Crippen molar-refractivity contribution >= 4 is 0 Å². The van der Waals surface area contributed by atoms with Crippen LogP contribution in [0.4, 0.5) is 0 Å². The molecule has 0 bridgehead atoms. The largest absolute Gasteiger partial charge is 0.393 e. The summed E-state index contributed by atoms with van der Waals surface area (Å²) >= 11 is 0. The van der Waals surface area contributed by atoms with E-state index in [4.69, 9.17) is 0 Å². The van der Waals surface area contributed by atoms with Gasteiger partial charge in [0.05, 0.1) is 12.2 Å². The third-order valence-electron chi connectivity index (χ3n) is 9.53. The Morgan fingerprint density at radius 3 is 2.21 bits per heavy atom. The van der Waals surface area contributed by atoms with Gasteiger partial charge in [0.2, 0.25) is 0 Å². The highest BCUT2D eigenvalue weighted by Gasteiger charge is 2.62. The Bertz CT molecular complexity index is 488. The number of hydrogen-bond donors (Lipinski definition) is 2. The fourth-order valence-corrected chi connectivity index (χ4v) is 8.34. The number of aliphatic hydroxyl groups is 2. The number of hydrogen-bond acceptors (Lipinski definition) is 2. The minimum absolute atomic E-state index is 0.127. The maximum absolute atomic E-state index is 11.1. The molecule has 2 nitrogen and oxygen atoms in total. The van der Waals surface area contributed by atoms with E-state index in [0.29, 0.717) is 28.6 Å². The summed E-state index contributed by atoms with van der Waals surface area (Å²) in [5.74, 6) is 4.07. The quantitative estimate of drug-likeness (QED) is 0.734. The molecule has 6 unspecified atom stereocenters. The van der Waals surface area contributed by atoms with Gasteiger partial charge in [0.1, 0.15) is 0 Å². The highest BCUT2D eigenvalue weighted by molar-refractivity contribution is 5.11. The molecular formula is C22H38O2. The van der Waals surface area contributed by atoms with Crippen LogP contribution in [-0.2, 0) is 0 Å². The van der Waals surface area contributed by atoms with Gasteiger partial charge in [0.15, 0.2) is 0 Å². The molecule has 4 aliphatic carbocycles. The van der Waals surface area contributed by atoms with Crippen LogP contribution in [-0.4, -0.2) is 22.4 Å². The van der Waals surface area contributed by atoms with E-state index < -0.39 is 0 Å². The van der Waals surface area contributed by atoms with Crippen molar-refractivity contribution in [3.05, 3.63) is 0 Å². The van der Waals surface area contributed by atoms with Gasteiger partial charge in [-0.2, -0.15) is 0 Å². The van der Waals surface area contributed by atoms with Crippen molar-refractivity contribution in [1.29, 1.82) is 0 Å². The summed E-state index contributed by atoms with van der Waals surface area (Å²) < 4.78 is 0. The normalized spacial score (nSPS) is 57.4. The van der Waals surface area contributed by atoms with Crippen molar-refractivity contribution in [3.63, 3.8) is 0 Å². The maximum atomic E-state index is 11.1. The molecule has 0 aromatic carbocycles. The SMILES string of the molecule is CC(C)C1CCC2C3C(CC[C@]12C)[C@@]1(C)CCC(O)CC1C[C@@H]3O. The zero-order chi connectivity index (χ0) is 17.3. The van der Waals surface area contributed by atoms with Crippen molar-refractivity contribution in [1.82, 2.24) is 0 Å². The minimum atomic E-state index is -0.131. The highest BCUT2D eigenvalue weighted by Crippen LogP contribution is 2.68. The van der Waals surface area contributed by atoms with E-state index in [0.717, 1.165) is 37.0 Å². The second-order valence-electron chi connectivity index (χ2n) is 10.7. The molecule has 0 amide bonds. The van der Waals surface area contributed by atoms with Crippen LogP contribution >= 0.6 is 0 Å². The molecular weight excluding hydrogens is 296 g/mol. The molecule has 4 fully saturated rings. The Morgan fingerprint density at radius 2 is 1.50 bits per heavy atom. The van der Waals surface area contributed by atoms with Crippen molar-refractivity contribution in [2.75, 3.05) is 0 Å². The standard InChI is InChI=1S/C22H38O2/c1-13(2)16-5-6-17-20-18(8-10-22(16,17)4)21(3)9-7-15(23)11-14(21)12-19(20)24/h13-20,23-24H,5-12H2,1-4H3/t14?,15?,16?,17?,18?,19-,20?,21-,22+/m0/s1. The summed E-state index contributed by atoms with van der Waals surface area (Å²) in [6, 6.07) is 0. The topological polar surface area (TPSA) is 40.5 Å². The molecule has 4 saturated carbocycles. The predicted molar refractivity (Wildman–Crippen MR) is 97.5 cm³/mol. The summed E-state index contributed by atoms with van der Waals surface area (Å²) in [6.07, 6.45) is 9.12. The molecule has 24 heavy (non-hydrogen) atoms. The van der Waals surface area contributed by atoms with Crippen LogP contribution in [0, 0.1) is 46.3 Å². The van der Waals surface area contributed by atoms with Gasteiger partial charge in [-0.05, 0) is 97.7 Å².